The van der Waals surface area contributed by atoms with Crippen molar-refractivity contribution in [2.75, 3.05) is 5.32 Å². The van der Waals surface area contributed by atoms with Crippen molar-refractivity contribution in [1.82, 2.24) is 0 Å². The molecule has 0 aliphatic heterocycles. The van der Waals surface area contributed by atoms with Crippen LogP contribution >= 0.6 is 15.9 Å². The first-order valence-electron chi connectivity index (χ1n) is 9.99. The average molecular weight is 448 g/mol. The number of Topliss-reactive ketones (excluding diaryl/α,β-unsaturated/α-hetero) is 2. The van der Waals surface area contributed by atoms with Crippen LogP contribution in [0.4, 0.5) is 5.69 Å². The Labute approximate surface area is 176 Å². The van der Waals surface area contributed by atoms with Crippen LogP contribution in [0.5, 0.6) is 0 Å². The number of anilines is 1. The van der Waals surface area contributed by atoms with Gasteiger partial charge in [0.2, 0.25) is 5.91 Å². The zero-order chi connectivity index (χ0) is 19.9. The number of nitrogens with one attached hydrogen (secondary N) is 1. The molecule has 2 bridgehead atoms. The summed E-state index contributed by atoms with van der Waals surface area (Å²) in [5.74, 6) is -2.32. The number of allylic oxidation sites excluding steroid dienone is 2. The number of rotatable bonds is 2. The predicted octanol–water partition coefficient (Wildman–Crippen LogP) is 4.17. The Morgan fingerprint density at radius 1 is 0.897 bits per heavy atom. The van der Waals surface area contributed by atoms with Crippen molar-refractivity contribution in [3.63, 3.8) is 0 Å². The van der Waals surface area contributed by atoms with Gasteiger partial charge in [0.05, 0.1) is 0 Å². The largest absolute Gasteiger partial charge is 0.325 e. The van der Waals surface area contributed by atoms with Gasteiger partial charge < -0.3 is 5.32 Å². The standard InChI is InChI=1S/C24H18BrNO3/c25-15-3-5-17-13(9-15)8-14-10-16(4-6-18(14)17)26-24(29)21-22(27)19-11-1-2-12(7-11)20(19)23(21)28/h1-6,9-12,19-21H,7-8H2,(H,26,29). The minimum absolute atomic E-state index is 0.136. The molecule has 6 rings (SSSR count). The molecule has 4 atom stereocenters. The molecule has 1 amide bonds. The number of benzene rings is 2. The molecular formula is C24H18BrNO3. The summed E-state index contributed by atoms with van der Waals surface area (Å²) in [6, 6.07) is 12.0. The van der Waals surface area contributed by atoms with Crippen LogP contribution in [0.2, 0.25) is 0 Å². The molecule has 0 aromatic heterocycles. The second kappa shape index (κ2) is 5.99. The zero-order valence-electron chi connectivity index (χ0n) is 15.5. The maximum absolute atomic E-state index is 12.9. The van der Waals surface area contributed by atoms with Crippen molar-refractivity contribution in [3.05, 3.63) is 64.1 Å². The molecule has 0 radical (unpaired) electrons. The van der Waals surface area contributed by atoms with E-state index in [2.05, 4.69) is 33.4 Å². The second-order valence-corrected chi connectivity index (χ2v) is 9.49. The Balaban J connectivity index is 1.24. The Hall–Kier alpha value is -2.53. The van der Waals surface area contributed by atoms with Gasteiger partial charge in [-0.2, -0.15) is 0 Å². The minimum atomic E-state index is -1.16. The summed E-state index contributed by atoms with van der Waals surface area (Å²) in [6.45, 7) is 0. The lowest BCUT2D eigenvalue weighted by Gasteiger charge is -2.16. The number of hydrogen-bond acceptors (Lipinski definition) is 3. The maximum Gasteiger partial charge on any atom is 0.242 e. The van der Waals surface area contributed by atoms with E-state index in [0.29, 0.717) is 5.69 Å². The minimum Gasteiger partial charge on any atom is -0.325 e. The van der Waals surface area contributed by atoms with Crippen LogP contribution in [0, 0.1) is 29.6 Å². The topological polar surface area (TPSA) is 63.2 Å². The van der Waals surface area contributed by atoms with Gasteiger partial charge in [0, 0.05) is 22.0 Å². The molecule has 1 N–H and O–H groups in total. The molecule has 5 heteroatoms. The highest BCUT2D eigenvalue weighted by molar-refractivity contribution is 9.10. The normalized spacial score (nSPS) is 30.4. The SMILES string of the molecule is O=C(Nc1ccc2c(c1)Cc1cc(Br)ccc1-2)C1C(=O)C2C3C=CC(C3)C2C1=O. The van der Waals surface area contributed by atoms with Crippen molar-refractivity contribution in [1.29, 1.82) is 0 Å². The number of carbonyl (C=O) groups is 3. The van der Waals surface area contributed by atoms with Crippen LogP contribution in [0.3, 0.4) is 0 Å². The first-order valence-corrected chi connectivity index (χ1v) is 10.8. The number of ketones is 2. The summed E-state index contributed by atoms with van der Waals surface area (Å²) in [6.07, 6.45) is 5.78. The molecule has 0 spiro atoms. The average Bonchev–Trinajstić information content (AvgIpc) is 3.43. The van der Waals surface area contributed by atoms with Gasteiger partial charge in [0.15, 0.2) is 17.5 Å². The van der Waals surface area contributed by atoms with Gasteiger partial charge in [0.1, 0.15) is 0 Å². The molecule has 0 saturated heterocycles. The van der Waals surface area contributed by atoms with E-state index in [1.807, 2.05) is 36.4 Å². The van der Waals surface area contributed by atoms with E-state index in [1.54, 1.807) is 0 Å². The molecule has 2 aromatic rings. The smallest absolute Gasteiger partial charge is 0.242 e. The molecule has 144 valence electrons. The number of hydrogen-bond donors (Lipinski definition) is 1. The predicted molar refractivity (Wildman–Crippen MR) is 112 cm³/mol. The summed E-state index contributed by atoms with van der Waals surface area (Å²) >= 11 is 3.51. The van der Waals surface area contributed by atoms with Crippen LogP contribution in [0.15, 0.2) is 53.0 Å². The Morgan fingerprint density at radius 2 is 1.52 bits per heavy atom. The zero-order valence-corrected chi connectivity index (χ0v) is 17.1. The first-order chi connectivity index (χ1) is 14.0. The van der Waals surface area contributed by atoms with Gasteiger partial charge in [-0.3, -0.25) is 14.4 Å². The van der Waals surface area contributed by atoms with E-state index in [1.165, 1.54) is 11.1 Å². The fraction of sp³-hybridized carbons (Fsp3) is 0.292. The summed E-state index contributed by atoms with van der Waals surface area (Å²) in [4.78, 5) is 38.6. The van der Waals surface area contributed by atoms with Gasteiger partial charge in [0.25, 0.3) is 0 Å². The number of fused-ring (bicyclic) bond motifs is 8. The molecule has 2 fully saturated rings. The monoisotopic (exact) mass is 447 g/mol. The molecule has 4 aliphatic carbocycles. The van der Waals surface area contributed by atoms with Crippen molar-refractivity contribution < 1.29 is 14.4 Å². The lowest BCUT2D eigenvalue weighted by molar-refractivity contribution is -0.136. The third kappa shape index (κ3) is 2.40. The lowest BCUT2D eigenvalue weighted by Crippen LogP contribution is -2.33. The number of carbonyl (C=O) groups excluding carboxylic acids is 3. The van der Waals surface area contributed by atoms with E-state index >= 15 is 0 Å². The summed E-state index contributed by atoms with van der Waals surface area (Å²) in [7, 11) is 0. The van der Waals surface area contributed by atoms with E-state index in [4.69, 9.17) is 0 Å². The van der Waals surface area contributed by atoms with Gasteiger partial charge in [-0.25, -0.2) is 0 Å². The van der Waals surface area contributed by atoms with Gasteiger partial charge in [-0.05, 0) is 71.2 Å². The van der Waals surface area contributed by atoms with Crippen LogP contribution in [-0.4, -0.2) is 17.5 Å². The molecular weight excluding hydrogens is 430 g/mol. The van der Waals surface area contributed by atoms with E-state index in [9.17, 15) is 14.4 Å². The molecule has 0 heterocycles. The summed E-state index contributed by atoms with van der Waals surface area (Å²) in [5, 5.41) is 2.84. The highest BCUT2D eigenvalue weighted by Gasteiger charge is 2.61. The van der Waals surface area contributed by atoms with Gasteiger partial charge in [-0.15, -0.1) is 0 Å². The Morgan fingerprint density at radius 3 is 2.21 bits per heavy atom. The fourth-order valence-electron chi connectivity index (χ4n) is 5.85. The van der Waals surface area contributed by atoms with Crippen molar-refractivity contribution in [2.45, 2.75) is 12.8 Å². The van der Waals surface area contributed by atoms with Crippen LogP contribution < -0.4 is 5.32 Å². The molecule has 4 nitrogen and oxygen atoms in total. The van der Waals surface area contributed by atoms with Crippen molar-refractivity contribution in [2.24, 2.45) is 29.6 Å². The van der Waals surface area contributed by atoms with Crippen molar-refractivity contribution >= 4 is 39.1 Å². The molecule has 4 unspecified atom stereocenters. The Kier molecular flexibility index (Phi) is 3.58. The number of halogens is 1. The first kappa shape index (κ1) is 17.3. The van der Waals surface area contributed by atoms with E-state index < -0.39 is 11.8 Å². The van der Waals surface area contributed by atoms with Crippen molar-refractivity contribution in [3.8, 4) is 11.1 Å². The number of amides is 1. The van der Waals surface area contributed by atoms with Crippen LogP contribution in [0.25, 0.3) is 11.1 Å². The summed E-state index contributed by atoms with van der Waals surface area (Å²) in [5.41, 5.74) is 5.39. The van der Waals surface area contributed by atoms with Gasteiger partial charge >= 0.3 is 0 Å². The Bertz CT molecular complexity index is 1120. The molecule has 2 aromatic carbocycles. The van der Waals surface area contributed by atoms with E-state index in [0.717, 1.165) is 28.4 Å². The molecule has 2 saturated carbocycles. The van der Waals surface area contributed by atoms with Crippen LogP contribution in [-0.2, 0) is 20.8 Å². The van der Waals surface area contributed by atoms with Gasteiger partial charge in [-0.1, -0.05) is 40.2 Å². The highest BCUT2D eigenvalue weighted by Crippen LogP contribution is 2.54. The van der Waals surface area contributed by atoms with Crippen LogP contribution in [0.1, 0.15) is 17.5 Å². The lowest BCUT2D eigenvalue weighted by atomic mass is 9.85. The van der Waals surface area contributed by atoms with E-state index in [-0.39, 0.29) is 35.2 Å². The second-order valence-electron chi connectivity index (χ2n) is 8.58. The summed E-state index contributed by atoms with van der Waals surface area (Å²) < 4.78 is 1.05. The fourth-order valence-corrected chi connectivity index (χ4v) is 6.26. The third-order valence-electron chi connectivity index (χ3n) is 7.06. The molecule has 29 heavy (non-hydrogen) atoms. The molecule has 4 aliphatic rings. The quantitative estimate of drug-likeness (QED) is 0.473. The third-order valence-corrected chi connectivity index (χ3v) is 7.55. The maximum atomic E-state index is 12.9. The highest BCUT2D eigenvalue weighted by atomic mass is 79.9.